The highest BCUT2D eigenvalue weighted by Gasteiger charge is 2.40. The van der Waals surface area contributed by atoms with Crippen LogP contribution in [0.25, 0.3) is 0 Å². The molecule has 4 heteroatoms. The number of ketones is 1. The van der Waals surface area contributed by atoms with Gasteiger partial charge in [0.25, 0.3) is 0 Å². The van der Waals surface area contributed by atoms with E-state index >= 15 is 0 Å². The average molecular weight is 201 g/mol. The third-order valence-corrected chi connectivity index (χ3v) is 2.76. The first kappa shape index (κ1) is 8.63. The van der Waals surface area contributed by atoms with Crippen LogP contribution < -0.4 is 0 Å². The van der Waals surface area contributed by atoms with Crippen molar-refractivity contribution in [2.24, 2.45) is 0 Å². The molecule has 0 aromatic heterocycles. The number of alkyl halides is 3. The zero-order valence-corrected chi connectivity index (χ0v) is 7.51. The van der Waals surface area contributed by atoms with Crippen molar-refractivity contribution < 1.29 is 4.79 Å². The summed E-state index contributed by atoms with van der Waals surface area (Å²) >= 11 is 16.9. The van der Waals surface area contributed by atoms with E-state index in [4.69, 9.17) is 34.8 Å². The molecule has 1 unspecified atom stereocenters. The van der Waals surface area contributed by atoms with Crippen LogP contribution >= 0.6 is 34.8 Å². The van der Waals surface area contributed by atoms with E-state index < -0.39 is 9.71 Å². The highest BCUT2D eigenvalue weighted by molar-refractivity contribution is 6.61. The van der Waals surface area contributed by atoms with Crippen molar-refractivity contribution in [2.75, 3.05) is 0 Å². The number of hydrogen-bond donors (Lipinski definition) is 0. The van der Waals surface area contributed by atoms with Gasteiger partial charge < -0.3 is 0 Å². The fourth-order valence-electron chi connectivity index (χ4n) is 0.987. The lowest BCUT2D eigenvalue weighted by Crippen LogP contribution is -2.37. The van der Waals surface area contributed by atoms with E-state index in [9.17, 15) is 4.79 Å². The van der Waals surface area contributed by atoms with Crippen molar-refractivity contribution in [1.29, 1.82) is 0 Å². The van der Waals surface area contributed by atoms with Crippen molar-refractivity contribution in [2.45, 2.75) is 29.0 Å². The van der Waals surface area contributed by atoms with E-state index in [1.807, 2.05) is 0 Å². The van der Waals surface area contributed by atoms with Crippen LogP contribution in [0.1, 0.15) is 19.3 Å². The molecule has 0 spiro atoms. The van der Waals surface area contributed by atoms with Crippen molar-refractivity contribution >= 4 is 40.6 Å². The van der Waals surface area contributed by atoms with Crippen LogP contribution in [0.3, 0.4) is 0 Å². The lowest BCUT2D eigenvalue weighted by atomic mass is 9.98. The molecule has 0 bridgehead atoms. The minimum absolute atomic E-state index is 0.247. The molecule has 1 nitrogen and oxygen atoms in total. The Morgan fingerprint density at radius 3 is 2.50 bits per heavy atom. The fourth-order valence-corrected chi connectivity index (χ4v) is 1.97. The molecule has 1 aliphatic carbocycles. The van der Waals surface area contributed by atoms with Crippen LogP contribution in [0, 0.1) is 0 Å². The zero-order valence-electron chi connectivity index (χ0n) is 5.24. The molecule has 1 saturated carbocycles. The summed E-state index contributed by atoms with van der Waals surface area (Å²) in [6, 6.07) is 0. The SMILES string of the molecule is O=C1C(Cl)CCCC1(Cl)Cl. The van der Waals surface area contributed by atoms with Crippen molar-refractivity contribution in [3.05, 3.63) is 0 Å². The van der Waals surface area contributed by atoms with E-state index in [1.165, 1.54) is 0 Å². The summed E-state index contributed by atoms with van der Waals surface area (Å²) in [5.41, 5.74) is 0. The Kier molecular flexibility index (Phi) is 2.49. The van der Waals surface area contributed by atoms with Gasteiger partial charge in [-0.3, -0.25) is 4.79 Å². The van der Waals surface area contributed by atoms with Gasteiger partial charge in [-0.15, -0.1) is 11.6 Å². The molecule has 0 amide bonds. The number of carbonyl (C=O) groups excluding carboxylic acids is 1. The molecule has 0 saturated heterocycles. The number of rotatable bonds is 0. The second kappa shape index (κ2) is 2.88. The summed E-state index contributed by atoms with van der Waals surface area (Å²) in [5.74, 6) is -0.247. The second-order valence-corrected chi connectivity index (χ2v) is 4.44. The molecule has 10 heavy (non-hydrogen) atoms. The quantitative estimate of drug-likeness (QED) is 0.551. The third-order valence-electron chi connectivity index (χ3n) is 1.59. The van der Waals surface area contributed by atoms with Gasteiger partial charge in [-0.25, -0.2) is 0 Å². The molecule has 0 aromatic carbocycles. The maximum Gasteiger partial charge on any atom is 0.186 e. The molecule has 0 radical (unpaired) electrons. The van der Waals surface area contributed by atoms with E-state index in [2.05, 4.69) is 0 Å². The maximum absolute atomic E-state index is 11.1. The van der Waals surface area contributed by atoms with Crippen LogP contribution in [0.5, 0.6) is 0 Å². The van der Waals surface area contributed by atoms with Crippen LogP contribution in [-0.4, -0.2) is 15.5 Å². The average Bonchev–Trinajstić information content (AvgIpc) is 1.83. The Balaban J connectivity index is 2.70. The predicted molar refractivity (Wildman–Crippen MR) is 42.9 cm³/mol. The number of halogens is 3. The second-order valence-electron chi connectivity index (χ2n) is 2.43. The zero-order chi connectivity index (χ0) is 7.78. The largest absolute Gasteiger partial charge is 0.295 e. The van der Waals surface area contributed by atoms with Gasteiger partial charge in [0.2, 0.25) is 0 Å². The van der Waals surface area contributed by atoms with Crippen LogP contribution in [0.15, 0.2) is 0 Å². The van der Waals surface area contributed by atoms with Gasteiger partial charge in [-0.2, -0.15) is 0 Å². The van der Waals surface area contributed by atoms with E-state index in [1.54, 1.807) is 0 Å². The molecule has 0 heterocycles. The van der Waals surface area contributed by atoms with Gasteiger partial charge in [0.05, 0.1) is 5.38 Å². The molecule has 1 atom stereocenters. The highest BCUT2D eigenvalue weighted by Crippen LogP contribution is 2.36. The number of Topliss-reactive ketones (excluding diaryl/α,β-unsaturated/α-hetero) is 1. The molecule has 0 N–H and O–H groups in total. The summed E-state index contributed by atoms with van der Waals surface area (Å²) in [4.78, 5) is 11.1. The molecule has 1 rings (SSSR count). The lowest BCUT2D eigenvalue weighted by molar-refractivity contribution is -0.120. The highest BCUT2D eigenvalue weighted by atomic mass is 35.5. The first-order valence-corrected chi connectivity index (χ1v) is 4.29. The minimum Gasteiger partial charge on any atom is -0.295 e. The molecular formula is C6H7Cl3O. The number of hydrogen-bond acceptors (Lipinski definition) is 1. The first-order valence-electron chi connectivity index (χ1n) is 3.10. The summed E-state index contributed by atoms with van der Waals surface area (Å²) in [5, 5.41) is -0.483. The molecule has 0 aliphatic heterocycles. The molecule has 0 aromatic rings. The summed E-state index contributed by atoms with van der Waals surface area (Å²) < 4.78 is -1.22. The van der Waals surface area contributed by atoms with Crippen LogP contribution in [0.4, 0.5) is 0 Å². The standard InChI is InChI=1S/C6H7Cl3O/c7-4-2-1-3-6(8,9)5(4)10/h4H,1-3H2. The van der Waals surface area contributed by atoms with Crippen LogP contribution in [0.2, 0.25) is 0 Å². The Morgan fingerprint density at radius 1 is 1.50 bits per heavy atom. The predicted octanol–water partition coefficient (Wildman–Crippen LogP) is 2.52. The van der Waals surface area contributed by atoms with E-state index in [-0.39, 0.29) is 5.78 Å². The lowest BCUT2D eigenvalue weighted by Gasteiger charge is -2.25. The first-order chi connectivity index (χ1) is 4.54. The van der Waals surface area contributed by atoms with Gasteiger partial charge in [-0.05, 0) is 19.3 Å². The topological polar surface area (TPSA) is 17.1 Å². The minimum atomic E-state index is -1.22. The normalized spacial score (nSPS) is 32.3. The maximum atomic E-state index is 11.1. The van der Waals surface area contributed by atoms with Gasteiger partial charge in [-0.1, -0.05) is 23.2 Å². The summed E-state index contributed by atoms with van der Waals surface area (Å²) in [6.07, 6.45) is 2.05. The Morgan fingerprint density at radius 2 is 2.10 bits per heavy atom. The smallest absolute Gasteiger partial charge is 0.186 e. The van der Waals surface area contributed by atoms with Crippen molar-refractivity contribution in [3.63, 3.8) is 0 Å². The van der Waals surface area contributed by atoms with E-state index in [0.29, 0.717) is 12.8 Å². The van der Waals surface area contributed by atoms with Crippen LogP contribution in [-0.2, 0) is 4.79 Å². The van der Waals surface area contributed by atoms with Gasteiger partial charge in [0.15, 0.2) is 10.1 Å². The third kappa shape index (κ3) is 1.58. The Labute approximate surface area is 74.6 Å². The van der Waals surface area contributed by atoms with Gasteiger partial charge >= 0.3 is 0 Å². The summed E-state index contributed by atoms with van der Waals surface area (Å²) in [7, 11) is 0. The molecule has 1 fully saturated rings. The molecule has 1 aliphatic rings. The van der Waals surface area contributed by atoms with Crippen molar-refractivity contribution in [1.82, 2.24) is 0 Å². The Bertz CT molecular complexity index is 155. The molecule has 58 valence electrons. The Hall–Kier alpha value is 0.540. The number of carbonyl (C=O) groups is 1. The monoisotopic (exact) mass is 200 g/mol. The fraction of sp³-hybridized carbons (Fsp3) is 0.833. The summed E-state index contributed by atoms with van der Waals surface area (Å²) in [6.45, 7) is 0. The van der Waals surface area contributed by atoms with E-state index in [0.717, 1.165) is 6.42 Å². The van der Waals surface area contributed by atoms with Crippen molar-refractivity contribution in [3.8, 4) is 0 Å². The molecular weight excluding hydrogens is 194 g/mol. The van der Waals surface area contributed by atoms with Gasteiger partial charge in [0, 0.05) is 0 Å². The van der Waals surface area contributed by atoms with Gasteiger partial charge in [0.1, 0.15) is 0 Å².